The third-order valence-electron chi connectivity index (χ3n) is 3.58. The van der Waals surface area contributed by atoms with Crippen LogP contribution in [0, 0.1) is 0 Å². The largest absolute Gasteiger partial charge is 0.497 e. The van der Waals surface area contributed by atoms with Crippen LogP contribution < -0.4 is 9.47 Å². The standard InChI is InChI=1S/C19H18N2O4S/c1-23-16-8-6-14(7-9-16)12-18-20-21-19(25-18)26-11-10-24-17-5-3-2-4-15(17)13-22/h2-9,13H,10-12H2,1H3. The van der Waals surface area contributed by atoms with Crippen LogP contribution >= 0.6 is 11.8 Å². The lowest BCUT2D eigenvalue weighted by atomic mass is 10.1. The molecule has 2 aromatic carbocycles. The highest BCUT2D eigenvalue weighted by Gasteiger charge is 2.08. The first-order valence-corrected chi connectivity index (χ1v) is 9.02. The number of nitrogens with zero attached hydrogens (tertiary/aromatic N) is 2. The summed E-state index contributed by atoms with van der Waals surface area (Å²) < 4.78 is 16.4. The molecular weight excluding hydrogens is 352 g/mol. The molecule has 0 N–H and O–H groups in total. The molecule has 0 fully saturated rings. The summed E-state index contributed by atoms with van der Waals surface area (Å²) in [4.78, 5) is 10.9. The van der Waals surface area contributed by atoms with Crippen molar-refractivity contribution in [3.63, 3.8) is 0 Å². The Hall–Kier alpha value is -2.80. The molecule has 0 saturated carbocycles. The third kappa shape index (κ3) is 4.86. The van der Waals surface area contributed by atoms with E-state index >= 15 is 0 Å². The van der Waals surface area contributed by atoms with Gasteiger partial charge in [0.05, 0.1) is 25.7 Å². The van der Waals surface area contributed by atoms with E-state index in [1.807, 2.05) is 30.3 Å². The molecule has 134 valence electrons. The minimum Gasteiger partial charge on any atom is -0.497 e. The summed E-state index contributed by atoms with van der Waals surface area (Å²) in [7, 11) is 1.64. The van der Waals surface area contributed by atoms with Gasteiger partial charge in [0.2, 0.25) is 5.89 Å². The van der Waals surface area contributed by atoms with Crippen LogP contribution in [0.1, 0.15) is 21.8 Å². The summed E-state index contributed by atoms with van der Waals surface area (Å²) in [6.45, 7) is 0.436. The van der Waals surface area contributed by atoms with Gasteiger partial charge in [0.1, 0.15) is 11.5 Å². The van der Waals surface area contributed by atoms with Gasteiger partial charge < -0.3 is 13.9 Å². The molecule has 6 nitrogen and oxygen atoms in total. The van der Waals surface area contributed by atoms with Gasteiger partial charge in [-0.05, 0) is 29.8 Å². The van der Waals surface area contributed by atoms with Gasteiger partial charge in [0.15, 0.2) is 6.29 Å². The molecule has 1 aromatic heterocycles. The van der Waals surface area contributed by atoms with E-state index in [0.717, 1.165) is 17.6 Å². The molecule has 0 aliphatic carbocycles. The molecule has 3 aromatic rings. The van der Waals surface area contributed by atoms with Crippen molar-refractivity contribution in [2.24, 2.45) is 0 Å². The second-order valence-electron chi connectivity index (χ2n) is 5.34. The first kappa shape index (κ1) is 18.0. The highest BCUT2D eigenvalue weighted by molar-refractivity contribution is 7.99. The Labute approximate surface area is 155 Å². The summed E-state index contributed by atoms with van der Waals surface area (Å²) in [6.07, 6.45) is 1.35. The zero-order valence-electron chi connectivity index (χ0n) is 14.3. The average molecular weight is 370 g/mol. The second-order valence-corrected chi connectivity index (χ2v) is 6.39. The molecule has 3 rings (SSSR count). The summed E-state index contributed by atoms with van der Waals surface area (Å²) in [5, 5.41) is 8.60. The number of rotatable bonds is 9. The van der Waals surface area contributed by atoms with E-state index < -0.39 is 0 Å². The highest BCUT2D eigenvalue weighted by atomic mass is 32.2. The van der Waals surface area contributed by atoms with E-state index in [0.29, 0.717) is 41.2 Å². The summed E-state index contributed by atoms with van der Waals surface area (Å²) in [6, 6.07) is 14.9. The zero-order chi connectivity index (χ0) is 18.2. The summed E-state index contributed by atoms with van der Waals surface area (Å²) >= 11 is 1.42. The van der Waals surface area contributed by atoms with Gasteiger partial charge in [-0.25, -0.2) is 0 Å². The van der Waals surface area contributed by atoms with Gasteiger partial charge in [-0.2, -0.15) is 0 Å². The lowest BCUT2D eigenvalue weighted by Crippen LogP contribution is -2.02. The SMILES string of the molecule is COc1ccc(Cc2nnc(SCCOc3ccccc3C=O)o2)cc1. The molecule has 0 unspecified atom stereocenters. The molecular formula is C19H18N2O4S. The van der Waals surface area contributed by atoms with Gasteiger partial charge in [0, 0.05) is 5.75 Å². The van der Waals surface area contributed by atoms with Crippen molar-refractivity contribution < 1.29 is 18.7 Å². The normalized spacial score (nSPS) is 10.5. The molecule has 0 atom stereocenters. The molecule has 0 amide bonds. The molecule has 0 saturated heterocycles. The van der Waals surface area contributed by atoms with Crippen molar-refractivity contribution in [3.05, 3.63) is 65.5 Å². The lowest BCUT2D eigenvalue weighted by molar-refractivity contribution is 0.112. The molecule has 0 aliphatic heterocycles. The van der Waals surface area contributed by atoms with Gasteiger partial charge in [-0.15, -0.1) is 10.2 Å². The van der Waals surface area contributed by atoms with Crippen LogP contribution in [0.5, 0.6) is 11.5 Å². The van der Waals surface area contributed by atoms with Crippen molar-refractivity contribution in [2.75, 3.05) is 19.5 Å². The predicted octanol–water partition coefficient (Wildman–Crippen LogP) is 3.65. The van der Waals surface area contributed by atoms with Crippen molar-refractivity contribution in [1.29, 1.82) is 0 Å². The van der Waals surface area contributed by atoms with Crippen molar-refractivity contribution in [3.8, 4) is 11.5 Å². The van der Waals surface area contributed by atoms with Crippen molar-refractivity contribution in [2.45, 2.75) is 11.6 Å². The maximum atomic E-state index is 10.9. The molecule has 0 bridgehead atoms. The monoisotopic (exact) mass is 370 g/mol. The quantitative estimate of drug-likeness (QED) is 0.323. The number of carbonyl (C=O) groups excluding carboxylic acids is 1. The Balaban J connectivity index is 1.47. The second kappa shape index (κ2) is 9.05. The van der Waals surface area contributed by atoms with E-state index in [4.69, 9.17) is 13.9 Å². The molecule has 0 aliphatic rings. The third-order valence-corrected chi connectivity index (χ3v) is 4.36. The Morgan fingerprint density at radius 2 is 1.92 bits per heavy atom. The number of para-hydroxylation sites is 1. The van der Waals surface area contributed by atoms with E-state index in [-0.39, 0.29) is 0 Å². The zero-order valence-corrected chi connectivity index (χ0v) is 15.1. The Bertz CT molecular complexity index is 849. The first-order valence-electron chi connectivity index (χ1n) is 8.03. The highest BCUT2D eigenvalue weighted by Crippen LogP contribution is 2.20. The Morgan fingerprint density at radius 3 is 2.69 bits per heavy atom. The molecule has 1 heterocycles. The maximum absolute atomic E-state index is 10.9. The van der Waals surface area contributed by atoms with Crippen LogP contribution in [0.3, 0.4) is 0 Å². The van der Waals surface area contributed by atoms with E-state index in [1.54, 1.807) is 25.3 Å². The molecule has 26 heavy (non-hydrogen) atoms. The van der Waals surface area contributed by atoms with Crippen molar-refractivity contribution >= 4 is 18.0 Å². The summed E-state index contributed by atoms with van der Waals surface area (Å²) in [5.74, 6) is 2.59. The first-order chi connectivity index (χ1) is 12.8. The number of hydrogen-bond acceptors (Lipinski definition) is 7. The van der Waals surface area contributed by atoms with Crippen LogP contribution in [0.15, 0.2) is 58.2 Å². The number of carbonyl (C=O) groups is 1. The molecule has 7 heteroatoms. The van der Waals surface area contributed by atoms with Crippen molar-refractivity contribution in [1.82, 2.24) is 10.2 Å². The fourth-order valence-electron chi connectivity index (χ4n) is 2.28. The maximum Gasteiger partial charge on any atom is 0.276 e. The number of methoxy groups -OCH3 is 1. The topological polar surface area (TPSA) is 74.5 Å². The predicted molar refractivity (Wildman–Crippen MR) is 98.1 cm³/mol. The number of aromatic nitrogens is 2. The van der Waals surface area contributed by atoms with Gasteiger partial charge in [-0.1, -0.05) is 36.0 Å². The fourth-order valence-corrected chi connectivity index (χ4v) is 2.87. The molecule has 0 spiro atoms. The minimum atomic E-state index is 0.436. The van der Waals surface area contributed by atoms with Crippen LogP contribution in [0.25, 0.3) is 0 Å². The van der Waals surface area contributed by atoms with Gasteiger partial charge >= 0.3 is 0 Å². The van der Waals surface area contributed by atoms with E-state index in [2.05, 4.69) is 10.2 Å². The van der Waals surface area contributed by atoms with E-state index in [9.17, 15) is 4.79 Å². The van der Waals surface area contributed by atoms with Gasteiger partial charge in [-0.3, -0.25) is 4.79 Å². The fraction of sp³-hybridized carbons (Fsp3) is 0.211. The number of ether oxygens (including phenoxy) is 2. The Kier molecular flexibility index (Phi) is 6.27. The Morgan fingerprint density at radius 1 is 1.12 bits per heavy atom. The van der Waals surface area contributed by atoms with Crippen LogP contribution in [0.2, 0.25) is 0 Å². The smallest absolute Gasteiger partial charge is 0.276 e. The number of aldehydes is 1. The molecule has 0 radical (unpaired) electrons. The average Bonchev–Trinajstić information content (AvgIpc) is 3.13. The van der Waals surface area contributed by atoms with Crippen LogP contribution in [-0.2, 0) is 6.42 Å². The number of thioether (sulfide) groups is 1. The van der Waals surface area contributed by atoms with Crippen LogP contribution in [-0.4, -0.2) is 36.0 Å². The van der Waals surface area contributed by atoms with Crippen LogP contribution in [0.4, 0.5) is 0 Å². The number of benzene rings is 2. The van der Waals surface area contributed by atoms with E-state index in [1.165, 1.54) is 11.8 Å². The van der Waals surface area contributed by atoms with Gasteiger partial charge in [0.25, 0.3) is 5.22 Å². The minimum absolute atomic E-state index is 0.436. The summed E-state index contributed by atoms with van der Waals surface area (Å²) in [5.41, 5.74) is 1.61. The number of hydrogen-bond donors (Lipinski definition) is 0. The lowest BCUT2D eigenvalue weighted by Gasteiger charge is -2.06.